The molecule has 0 aliphatic rings. The van der Waals surface area contributed by atoms with Gasteiger partial charge in [-0.15, -0.1) is 0 Å². The van der Waals surface area contributed by atoms with Gasteiger partial charge in [0.2, 0.25) is 5.91 Å². The minimum absolute atomic E-state index is 0.00658. The van der Waals surface area contributed by atoms with Gasteiger partial charge in [-0.3, -0.25) is 4.79 Å². The zero-order valence-corrected chi connectivity index (χ0v) is 22.7. The Kier molecular flexibility index (Phi) is 14.9. The third-order valence-electron chi connectivity index (χ3n) is 5.82. The van der Waals surface area contributed by atoms with E-state index in [1.807, 2.05) is 32.9 Å². The van der Waals surface area contributed by atoms with Gasteiger partial charge in [-0.25, -0.2) is 0 Å². The minimum atomic E-state index is -0.519. The smallest absolute Gasteiger partial charge is 0.247 e. The van der Waals surface area contributed by atoms with Crippen molar-refractivity contribution in [2.45, 2.75) is 66.5 Å². The molecule has 1 amide bonds. The van der Waals surface area contributed by atoms with E-state index in [1.165, 1.54) is 5.56 Å². The molecule has 0 aliphatic carbocycles. The Labute approximate surface area is 218 Å². The van der Waals surface area contributed by atoms with Crippen molar-refractivity contribution in [3.63, 3.8) is 0 Å². The number of hydrogen-bond donors (Lipinski definition) is 3. The molecule has 1 aromatic carbocycles. The van der Waals surface area contributed by atoms with E-state index in [1.54, 1.807) is 38.2 Å². The maximum Gasteiger partial charge on any atom is 0.247 e. The van der Waals surface area contributed by atoms with Gasteiger partial charge >= 0.3 is 0 Å². The second-order valence-electron chi connectivity index (χ2n) is 9.51. The molecule has 0 fully saturated rings. The summed E-state index contributed by atoms with van der Waals surface area (Å²) in [5.74, 6) is 6.04. The lowest BCUT2D eigenvalue weighted by Gasteiger charge is -2.19. The van der Waals surface area contributed by atoms with E-state index in [4.69, 9.17) is 5.11 Å². The molecular formula is C32H43NO3. The fraction of sp³-hybridized carbons (Fsp3) is 0.406. The highest BCUT2D eigenvalue weighted by molar-refractivity contribution is 5.93. The summed E-state index contributed by atoms with van der Waals surface area (Å²) in [6.07, 6.45) is 14.6. The first-order valence-corrected chi connectivity index (χ1v) is 12.7. The lowest BCUT2D eigenvalue weighted by Crippen LogP contribution is -2.35. The summed E-state index contributed by atoms with van der Waals surface area (Å²) in [4.78, 5) is 11.9. The molecule has 1 rings (SSSR count). The van der Waals surface area contributed by atoms with Crippen molar-refractivity contribution >= 4 is 5.91 Å². The lowest BCUT2D eigenvalue weighted by atomic mass is 9.92. The van der Waals surface area contributed by atoms with Crippen molar-refractivity contribution in [3.05, 3.63) is 95.1 Å². The summed E-state index contributed by atoms with van der Waals surface area (Å²) >= 11 is 0. The van der Waals surface area contributed by atoms with Crippen molar-refractivity contribution in [3.8, 4) is 11.8 Å². The SMILES string of the molecule is CC(/C=C/C#C/C=C/C=C(\C)C(=O)NC(C)CO)=C\C(C)C(O)/C(C)=C/C(C)CCc1ccccc1. The number of rotatable bonds is 12. The number of nitrogens with one attached hydrogen (secondary N) is 1. The van der Waals surface area contributed by atoms with Crippen LogP contribution in [-0.4, -0.2) is 34.9 Å². The summed E-state index contributed by atoms with van der Waals surface area (Å²) in [7, 11) is 0. The molecule has 0 radical (unpaired) electrons. The molecular weight excluding hydrogens is 446 g/mol. The quantitative estimate of drug-likeness (QED) is 0.153. The molecule has 36 heavy (non-hydrogen) atoms. The second-order valence-corrected chi connectivity index (χ2v) is 9.51. The molecule has 4 heteroatoms. The average molecular weight is 490 g/mol. The summed E-state index contributed by atoms with van der Waals surface area (Å²) < 4.78 is 0. The standard InChI is InChI=1S/C32H43NO3/c1-24(15-11-8-7-9-12-16-26(3)32(36)33-29(6)23-34)21-27(4)31(35)28(5)22-25(2)19-20-30-17-13-10-14-18-30/h9-18,21-22,25,27,29,31,34-35H,19-20,23H2,1-6H3,(H,33,36)/b12-9+,15-11+,24-21+,26-16+,28-22+. The normalized spacial score (nSPS) is 16.4. The number of benzene rings is 1. The van der Waals surface area contributed by atoms with E-state index in [2.05, 4.69) is 60.5 Å². The van der Waals surface area contributed by atoms with Crippen LogP contribution in [-0.2, 0) is 11.2 Å². The monoisotopic (exact) mass is 489 g/mol. The van der Waals surface area contributed by atoms with Crippen LogP contribution in [0.2, 0.25) is 0 Å². The van der Waals surface area contributed by atoms with Crippen molar-refractivity contribution in [1.82, 2.24) is 5.32 Å². The number of carbonyl (C=O) groups is 1. The van der Waals surface area contributed by atoms with Gasteiger partial charge in [0, 0.05) is 17.5 Å². The number of amides is 1. The molecule has 3 N–H and O–H groups in total. The van der Waals surface area contributed by atoms with Crippen molar-refractivity contribution < 1.29 is 15.0 Å². The molecule has 0 spiro atoms. The minimum Gasteiger partial charge on any atom is -0.394 e. The summed E-state index contributed by atoms with van der Waals surface area (Å²) in [6.45, 7) is 11.6. The number of allylic oxidation sites excluding steroid dienone is 7. The second kappa shape index (κ2) is 17.3. The molecule has 0 bridgehead atoms. The Bertz CT molecular complexity index is 1020. The van der Waals surface area contributed by atoms with Crippen LogP contribution in [0, 0.1) is 23.7 Å². The van der Waals surface area contributed by atoms with Gasteiger partial charge in [0.25, 0.3) is 0 Å². The number of aliphatic hydroxyl groups is 2. The number of aliphatic hydroxyl groups excluding tert-OH is 2. The first-order chi connectivity index (χ1) is 17.1. The van der Waals surface area contributed by atoms with Crippen molar-refractivity contribution in [2.24, 2.45) is 11.8 Å². The predicted octanol–water partition coefficient (Wildman–Crippen LogP) is 5.70. The maximum absolute atomic E-state index is 11.9. The Balaban J connectivity index is 2.56. The van der Waals surface area contributed by atoms with Gasteiger partial charge in [-0.1, -0.05) is 92.0 Å². The van der Waals surface area contributed by atoms with Crippen molar-refractivity contribution in [2.75, 3.05) is 6.61 Å². The first kappa shape index (κ1) is 30.9. The van der Waals surface area contributed by atoms with E-state index >= 15 is 0 Å². The van der Waals surface area contributed by atoms with Gasteiger partial charge in [0.05, 0.1) is 12.7 Å². The van der Waals surface area contributed by atoms with Gasteiger partial charge in [-0.05, 0) is 69.7 Å². The number of aryl methyl sites for hydroxylation is 1. The third-order valence-corrected chi connectivity index (χ3v) is 5.82. The molecule has 194 valence electrons. The molecule has 0 saturated carbocycles. The van der Waals surface area contributed by atoms with Gasteiger partial charge < -0.3 is 15.5 Å². The number of hydrogen-bond acceptors (Lipinski definition) is 3. The molecule has 0 aromatic heterocycles. The molecule has 0 heterocycles. The molecule has 4 nitrogen and oxygen atoms in total. The van der Waals surface area contributed by atoms with Crippen LogP contribution in [0.3, 0.4) is 0 Å². The first-order valence-electron chi connectivity index (χ1n) is 12.7. The van der Waals surface area contributed by atoms with Crippen LogP contribution in [0.4, 0.5) is 0 Å². The fourth-order valence-corrected chi connectivity index (χ4v) is 3.61. The van der Waals surface area contributed by atoms with Crippen LogP contribution in [0.1, 0.15) is 53.5 Å². The predicted molar refractivity (Wildman–Crippen MR) is 151 cm³/mol. The fourth-order valence-electron chi connectivity index (χ4n) is 3.61. The van der Waals surface area contributed by atoms with E-state index in [0.717, 1.165) is 24.0 Å². The Morgan fingerprint density at radius 1 is 1.03 bits per heavy atom. The lowest BCUT2D eigenvalue weighted by molar-refractivity contribution is -0.118. The zero-order valence-electron chi connectivity index (χ0n) is 22.7. The van der Waals surface area contributed by atoms with Crippen LogP contribution >= 0.6 is 0 Å². The molecule has 1 aromatic rings. The third kappa shape index (κ3) is 13.1. The van der Waals surface area contributed by atoms with E-state index < -0.39 is 6.10 Å². The van der Waals surface area contributed by atoms with Crippen LogP contribution < -0.4 is 5.32 Å². The van der Waals surface area contributed by atoms with E-state index in [9.17, 15) is 9.90 Å². The average Bonchev–Trinajstić information content (AvgIpc) is 2.86. The molecule has 4 unspecified atom stereocenters. The van der Waals surface area contributed by atoms with Gasteiger partial charge in [0.1, 0.15) is 0 Å². The van der Waals surface area contributed by atoms with E-state index in [-0.39, 0.29) is 24.5 Å². The van der Waals surface area contributed by atoms with Gasteiger partial charge in [0.15, 0.2) is 0 Å². The van der Waals surface area contributed by atoms with Crippen LogP contribution in [0.25, 0.3) is 0 Å². The Morgan fingerprint density at radius 2 is 1.69 bits per heavy atom. The maximum atomic E-state index is 11.9. The highest BCUT2D eigenvalue weighted by Gasteiger charge is 2.14. The molecule has 0 saturated heterocycles. The summed E-state index contributed by atoms with van der Waals surface area (Å²) in [5, 5.41) is 22.4. The number of carbonyl (C=O) groups excluding carboxylic acids is 1. The Morgan fingerprint density at radius 3 is 2.36 bits per heavy atom. The zero-order chi connectivity index (χ0) is 26.9. The summed E-state index contributed by atoms with van der Waals surface area (Å²) in [6, 6.07) is 10.2. The van der Waals surface area contributed by atoms with Crippen LogP contribution in [0.15, 0.2) is 89.6 Å². The topological polar surface area (TPSA) is 69.6 Å². The highest BCUT2D eigenvalue weighted by Crippen LogP contribution is 2.19. The van der Waals surface area contributed by atoms with E-state index in [0.29, 0.717) is 11.5 Å². The largest absolute Gasteiger partial charge is 0.394 e. The van der Waals surface area contributed by atoms with Crippen molar-refractivity contribution in [1.29, 1.82) is 0 Å². The Hall–Kier alpha value is -3.13. The molecule has 4 atom stereocenters. The van der Waals surface area contributed by atoms with Gasteiger partial charge in [-0.2, -0.15) is 0 Å². The van der Waals surface area contributed by atoms with Crippen LogP contribution in [0.5, 0.6) is 0 Å². The highest BCUT2D eigenvalue weighted by atomic mass is 16.3. The molecule has 0 aliphatic heterocycles. The summed E-state index contributed by atoms with van der Waals surface area (Å²) in [5.41, 5.74) is 3.93.